The Kier molecular flexibility index (Phi) is 2.38. The first-order valence-electron chi connectivity index (χ1n) is 5.36. The number of fused-ring (bicyclic) bond motifs is 1. The van der Waals surface area contributed by atoms with E-state index >= 15 is 0 Å². The summed E-state index contributed by atoms with van der Waals surface area (Å²) < 4.78 is 5.29. The molecule has 5 nitrogen and oxygen atoms in total. The van der Waals surface area contributed by atoms with Crippen molar-refractivity contribution in [3.63, 3.8) is 0 Å². The molecule has 16 heavy (non-hydrogen) atoms. The highest BCUT2D eigenvalue weighted by Crippen LogP contribution is 2.13. The largest absolute Gasteiger partial charge is 0.378 e. The normalized spacial score (nSPS) is 16.6. The molecule has 1 fully saturated rings. The lowest BCUT2D eigenvalue weighted by Crippen LogP contribution is -2.37. The van der Waals surface area contributed by atoms with Crippen molar-refractivity contribution in [1.29, 1.82) is 0 Å². The minimum absolute atomic E-state index is 0.696. The predicted octanol–water partition coefficient (Wildman–Crippen LogP) is 0.861. The number of anilines is 1. The van der Waals surface area contributed by atoms with Crippen molar-refractivity contribution in [2.45, 2.75) is 0 Å². The van der Waals surface area contributed by atoms with Gasteiger partial charge in [-0.25, -0.2) is 4.98 Å². The fourth-order valence-electron chi connectivity index (χ4n) is 1.77. The lowest BCUT2D eigenvalue weighted by molar-refractivity contribution is 0.122. The van der Waals surface area contributed by atoms with Gasteiger partial charge in [-0.1, -0.05) is 12.1 Å². The van der Waals surface area contributed by atoms with Crippen LogP contribution in [0.5, 0.6) is 0 Å². The molecule has 1 aliphatic heterocycles. The second kappa shape index (κ2) is 4.02. The minimum Gasteiger partial charge on any atom is -0.378 e. The Morgan fingerprint density at radius 3 is 2.56 bits per heavy atom. The second-order valence-corrected chi connectivity index (χ2v) is 3.70. The molecule has 1 aromatic heterocycles. The lowest BCUT2D eigenvalue weighted by atomic mass is 10.3. The molecule has 0 saturated carbocycles. The Hall–Kier alpha value is -1.75. The highest BCUT2D eigenvalue weighted by atomic mass is 16.5. The van der Waals surface area contributed by atoms with E-state index in [0.29, 0.717) is 5.95 Å². The molecule has 2 aromatic rings. The number of benzene rings is 1. The molecule has 82 valence electrons. The van der Waals surface area contributed by atoms with Crippen LogP contribution in [-0.2, 0) is 4.74 Å². The van der Waals surface area contributed by atoms with Crippen molar-refractivity contribution >= 4 is 17.0 Å². The summed E-state index contributed by atoms with van der Waals surface area (Å²) in [4.78, 5) is 6.60. The minimum atomic E-state index is 0.696. The van der Waals surface area contributed by atoms with E-state index in [-0.39, 0.29) is 0 Å². The van der Waals surface area contributed by atoms with Crippen LogP contribution < -0.4 is 4.90 Å². The SMILES string of the molecule is c1ccc2nc(N3CCOCC3)nnc2c1. The van der Waals surface area contributed by atoms with E-state index in [1.807, 2.05) is 24.3 Å². The monoisotopic (exact) mass is 216 g/mol. The van der Waals surface area contributed by atoms with Gasteiger partial charge < -0.3 is 9.64 Å². The molecule has 1 aromatic carbocycles. The summed E-state index contributed by atoms with van der Waals surface area (Å²) >= 11 is 0. The number of morpholine rings is 1. The molecule has 0 radical (unpaired) electrons. The van der Waals surface area contributed by atoms with Crippen LogP contribution in [0.4, 0.5) is 5.95 Å². The van der Waals surface area contributed by atoms with Crippen LogP contribution in [0.25, 0.3) is 11.0 Å². The zero-order valence-electron chi connectivity index (χ0n) is 8.83. The van der Waals surface area contributed by atoms with Gasteiger partial charge in [-0.15, -0.1) is 10.2 Å². The third-order valence-electron chi connectivity index (χ3n) is 2.64. The number of nitrogens with zero attached hydrogens (tertiary/aromatic N) is 4. The van der Waals surface area contributed by atoms with Gasteiger partial charge in [0.1, 0.15) is 5.52 Å². The van der Waals surface area contributed by atoms with Crippen LogP contribution in [0.2, 0.25) is 0 Å². The fraction of sp³-hybridized carbons (Fsp3) is 0.364. The average molecular weight is 216 g/mol. The van der Waals surface area contributed by atoms with E-state index in [1.165, 1.54) is 0 Å². The number of hydrogen-bond acceptors (Lipinski definition) is 5. The molecule has 0 N–H and O–H groups in total. The standard InChI is InChI=1S/C11H12N4O/c1-2-4-10-9(3-1)12-11(14-13-10)15-5-7-16-8-6-15/h1-4H,5-8H2. The Morgan fingerprint density at radius 2 is 1.75 bits per heavy atom. The van der Waals surface area contributed by atoms with Crippen LogP contribution in [0, 0.1) is 0 Å². The van der Waals surface area contributed by atoms with Crippen LogP contribution in [-0.4, -0.2) is 41.5 Å². The van der Waals surface area contributed by atoms with E-state index in [2.05, 4.69) is 20.1 Å². The summed E-state index contributed by atoms with van der Waals surface area (Å²) in [7, 11) is 0. The zero-order valence-corrected chi connectivity index (χ0v) is 8.83. The van der Waals surface area contributed by atoms with Crippen LogP contribution >= 0.6 is 0 Å². The Labute approximate surface area is 93.1 Å². The van der Waals surface area contributed by atoms with E-state index in [4.69, 9.17) is 4.74 Å². The van der Waals surface area contributed by atoms with Gasteiger partial charge in [-0.3, -0.25) is 0 Å². The van der Waals surface area contributed by atoms with Crippen molar-refractivity contribution in [3.05, 3.63) is 24.3 Å². The summed E-state index contributed by atoms with van der Waals surface area (Å²) in [5.74, 6) is 0.696. The zero-order chi connectivity index (χ0) is 10.8. The highest BCUT2D eigenvalue weighted by Gasteiger charge is 2.14. The first kappa shape index (κ1) is 9.47. The summed E-state index contributed by atoms with van der Waals surface area (Å²) in [5.41, 5.74) is 1.72. The molecule has 2 heterocycles. The fourth-order valence-corrected chi connectivity index (χ4v) is 1.77. The third-order valence-corrected chi connectivity index (χ3v) is 2.64. The predicted molar refractivity (Wildman–Crippen MR) is 60.4 cm³/mol. The van der Waals surface area contributed by atoms with Gasteiger partial charge >= 0.3 is 0 Å². The lowest BCUT2D eigenvalue weighted by Gasteiger charge is -2.26. The third kappa shape index (κ3) is 1.69. The van der Waals surface area contributed by atoms with Crippen LogP contribution in [0.15, 0.2) is 24.3 Å². The number of ether oxygens (including phenoxy) is 1. The van der Waals surface area contributed by atoms with Gasteiger partial charge in [-0.2, -0.15) is 0 Å². The van der Waals surface area contributed by atoms with E-state index < -0.39 is 0 Å². The van der Waals surface area contributed by atoms with Crippen molar-refractivity contribution in [3.8, 4) is 0 Å². The van der Waals surface area contributed by atoms with Crippen molar-refractivity contribution in [2.75, 3.05) is 31.2 Å². The summed E-state index contributed by atoms with van der Waals surface area (Å²) in [6.07, 6.45) is 0. The average Bonchev–Trinajstić information content (AvgIpc) is 2.39. The summed E-state index contributed by atoms with van der Waals surface area (Å²) in [6.45, 7) is 3.13. The first-order chi connectivity index (χ1) is 7.93. The first-order valence-corrected chi connectivity index (χ1v) is 5.36. The van der Waals surface area contributed by atoms with Gasteiger partial charge in [0.25, 0.3) is 0 Å². The number of rotatable bonds is 1. The Balaban J connectivity index is 1.97. The Morgan fingerprint density at radius 1 is 1.00 bits per heavy atom. The van der Waals surface area contributed by atoms with Gasteiger partial charge in [-0.05, 0) is 12.1 Å². The summed E-state index contributed by atoms with van der Waals surface area (Å²) in [5, 5.41) is 8.30. The van der Waals surface area contributed by atoms with Gasteiger partial charge in [0, 0.05) is 13.1 Å². The maximum atomic E-state index is 5.29. The maximum absolute atomic E-state index is 5.29. The molecule has 1 aliphatic rings. The molecule has 0 aliphatic carbocycles. The molecular weight excluding hydrogens is 204 g/mol. The van der Waals surface area contributed by atoms with E-state index in [9.17, 15) is 0 Å². The molecule has 5 heteroatoms. The molecule has 0 spiro atoms. The number of aromatic nitrogens is 3. The van der Waals surface area contributed by atoms with Crippen LogP contribution in [0.1, 0.15) is 0 Å². The van der Waals surface area contributed by atoms with Crippen molar-refractivity contribution in [2.24, 2.45) is 0 Å². The number of para-hydroxylation sites is 1. The molecule has 3 rings (SSSR count). The van der Waals surface area contributed by atoms with E-state index in [1.54, 1.807) is 0 Å². The molecule has 0 amide bonds. The Bertz CT molecular complexity index is 496. The van der Waals surface area contributed by atoms with E-state index in [0.717, 1.165) is 37.3 Å². The second-order valence-electron chi connectivity index (χ2n) is 3.70. The molecule has 0 atom stereocenters. The van der Waals surface area contributed by atoms with Crippen molar-refractivity contribution < 1.29 is 4.74 Å². The number of hydrogen-bond donors (Lipinski definition) is 0. The van der Waals surface area contributed by atoms with Gasteiger partial charge in [0.05, 0.1) is 18.7 Å². The quantitative estimate of drug-likeness (QED) is 0.707. The topological polar surface area (TPSA) is 51.1 Å². The molecular formula is C11H12N4O. The van der Waals surface area contributed by atoms with Crippen molar-refractivity contribution in [1.82, 2.24) is 15.2 Å². The summed E-state index contributed by atoms with van der Waals surface area (Å²) in [6, 6.07) is 7.76. The van der Waals surface area contributed by atoms with Gasteiger partial charge in [0.2, 0.25) is 5.95 Å². The highest BCUT2D eigenvalue weighted by molar-refractivity contribution is 5.74. The molecule has 1 saturated heterocycles. The van der Waals surface area contributed by atoms with Crippen LogP contribution in [0.3, 0.4) is 0 Å². The van der Waals surface area contributed by atoms with Gasteiger partial charge in [0.15, 0.2) is 0 Å². The smallest absolute Gasteiger partial charge is 0.246 e. The maximum Gasteiger partial charge on any atom is 0.246 e. The molecule has 0 unspecified atom stereocenters. The molecule has 0 bridgehead atoms.